The maximum absolute atomic E-state index is 12.9. The fourth-order valence-electron chi connectivity index (χ4n) is 3.54. The second-order valence-electron chi connectivity index (χ2n) is 6.86. The van der Waals surface area contributed by atoms with Crippen molar-refractivity contribution in [1.29, 1.82) is 0 Å². The van der Waals surface area contributed by atoms with Gasteiger partial charge in [0, 0.05) is 13.1 Å². The third-order valence-corrected chi connectivity index (χ3v) is 4.99. The van der Waals surface area contributed by atoms with Gasteiger partial charge in [-0.15, -0.1) is 0 Å². The Bertz CT molecular complexity index is 904. The summed E-state index contributed by atoms with van der Waals surface area (Å²) in [5.41, 5.74) is 3.54. The van der Waals surface area contributed by atoms with Gasteiger partial charge >= 0.3 is 0 Å². The van der Waals surface area contributed by atoms with E-state index in [1.54, 1.807) is 18.4 Å². The molecule has 1 aliphatic rings. The van der Waals surface area contributed by atoms with Crippen molar-refractivity contribution in [2.45, 2.75) is 32.1 Å². The van der Waals surface area contributed by atoms with Crippen molar-refractivity contribution < 1.29 is 14.3 Å². The molecule has 0 spiro atoms. The number of furan rings is 1. The molecule has 0 aliphatic carbocycles. The molecule has 138 valence electrons. The molecule has 3 aromatic rings. The number of amides is 1. The quantitative estimate of drug-likeness (QED) is 0.731. The van der Waals surface area contributed by atoms with Gasteiger partial charge in [-0.3, -0.25) is 9.69 Å². The Labute approximate surface area is 158 Å². The number of rotatable bonds is 5. The number of nitrogens with zero attached hydrogens (tertiary/aromatic N) is 1. The van der Waals surface area contributed by atoms with Gasteiger partial charge in [-0.25, -0.2) is 0 Å². The van der Waals surface area contributed by atoms with Gasteiger partial charge in [0.2, 0.25) is 5.91 Å². The van der Waals surface area contributed by atoms with Crippen LogP contribution in [-0.4, -0.2) is 22.0 Å². The fourth-order valence-corrected chi connectivity index (χ4v) is 3.54. The standard InChI is InChI=1S/C22H22N2O3/c25-19-9-7-16(8-10-19)14-24-15-18-5-2-1-4-17(18)12-21(24)22(26)23-13-20-6-3-11-27-20/h1-11,21,25H,12-15H2,(H,23,26). The van der Waals surface area contributed by atoms with E-state index in [9.17, 15) is 9.90 Å². The molecule has 1 unspecified atom stereocenters. The normalized spacial score (nSPS) is 16.7. The average molecular weight is 362 g/mol. The van der Waals surface area contributed by atoms with Crippen LogP contribution >= 0.6 is 0 Å². The van der Waals surface area contributed by atoms with Crippen LogP contribution in [-0.2, 0) is 30.8 Å². The Balaban J connectivity index is 1.53. The molecule has 27 heavy (non-hydrogen) atoms. The molecule has 0 saturated heterocycles. The first-order valence-electron chi connectivity index (χ1n) is 9.08. The number of carbonyl (C=O) groups is 1. The lowest BCUT2D eigenvalue weighted by atomic mass is 9.93. The van der Waals surface area contributed by atoms with Crippen LogP contribution in [0.5, 0.6) is 5.75 Å². The lowest BCUT2D eigenvalue weighted by molar-refractivity contribution is -0.127. The number of hydrogen-bond acceptors (Lipinski definition) is 4. The summed E-state index contributed by atoms with van der Waals surface area (Å²) in [6.07, 6.45) is 2.29. The summed E-state index contributed by atoms with van der Waals surface area (Å²) in [5, 5.41) is 12.5. The monoisotopic (exact) mass is 362 g/mol. The largest absolute Gasteiger partial charge is 0.508 e. The predicted molar refractivity (Wildman–Crippen MR) is 102 cm³/mol. The van der Waals surface area contributed by atoms with Crippen molar-refractivity contribution in [2.24, 2.45) is 0 Å². The highest BCUT2D eigenvalue weighted by molar-refractivity contribution is 5.82. The molecule has 4 rings (SSSR count). The van der Waals surface area contributed by atoms with E-state index in [2.05, 4.69) is 22.3 Å². The number of benzene rings is 2. The molecule has 0 saturated carbocycles. The summed E-state index contributed by atoms with van der Waals surface area (Å²) < 4.78 is 5.31. The number of carbonyl (C=O) groups excluding carboxylic acids is 1. The van der Waals surface area contributed by atoms with Crippen LogP contribution in [0.2, 0.25) is 0 Å². The number of phenols is 1. The van der Waals surface area contributed by atoms with Gasteiger partial charge in [-0.1, -0.05) is 36.4 Å². The molecule has 5 nitrogen and oxygen atoms in total. The highest BCUT2D eigenvalue weighted by atomic mass is 16.3. The zero-order valence-corrected chi connectivity index (χ0v) is 15.0. The lowest BCUT2D eigenvalue weighted by Gasteiger charge is -2.36. The first kappa shape index (κ1) is 17.4. The van der Waals surface area contributed by atoms with Gasteiger partial charge < -0.3 is 14.8 Å². The van der Waals surface area contributed by atoms with Gasteiger partial charge in [0.15, 0.2) is 0 Å². The van der Waals surface area contributed by atoms with E-state index in [1.165, 1.54) is 11.1 Å². The Hall–Kier alpha value is -3.05. The lowest BCUT2D eigenvalue weighted by Crippen LogP contribution is -2.49. The van der Waals surface area contributed by atoms with Crippen LogP contribution < -0.4 is 5.32 Å². The van der Waals surface area contributed by atoms with Gasteiger partial charge in [-0.2, -0.15) is 0 Å². The van der Waals surface area contributed by atoms with Crippen LogP contribution in [0, 0.1) is 0 Å². The van der Waals surface area contributed by atoms with E-state index in [1.807, 2.05) is 36.4 Å². The number of hydrogen-bond donors (Lipinski definition) is 2. The van der Waals surface area contributed by atoms with Gasteiger partial charge in [0.25, 0.3) is 0 Å². The topological polar surface area (TPSA) is 65.7 Å². The molecular formula is C22H22N2O3. The minimum Gasteiger partial charge on any atom is -0.508 e. The molecule has 0 fully saturated rings. The average Bonchev–Trinajstić information content (AvgIpc) is 3.21. The van der Waals surface area contributed by atoms with Crippen LogP contribution in [0.1, 0.15) is 22.5 Å². The van der Waals surface area contributed by atoms with Gasteiger partial charge in [0.1, 0.15) is 11.5 Å². The van der Waals surface area contributed by atoms with E-state index in [-0.39, 0.29) is 17.7 Å². The van der Waals surface area contributed by atoms with Crippen molar-refractivity contribution in [3.8, 4) is 5.75 Å². The molecular weight excluding hydrogens is 340 g/mol. The number of aromatic hydroxyl groups is 1. The molecule has 1 atom stereocenters. The van der Waals surface area contributed by atoms with E-state index in [4.69, 9.17) is 4.42 Å². The van der Waals surface area contributed by atoms with E-state index < -0.39 is 0 Å². The maximum Gasteiger partial charge on any atom is 0.238 e. The Morgan fingerprint density at radius 2 is 1.85 bits per heavy atom. The summed E-state index contributed by atoms with van der Waals surface area (Å²) in [6, 6.07) is 18.8. The smallest absolute Gasteiger partial charge is 0.238 e. The third-order valence-electron chi connectivity index (χ3n) is 4.99. The number of nitrogens with one attached hydrogen (secondary N) is 1. The molecule has 2 aromatic carbocycles. The van der Waals surface area contributed by atoms with Crippen molar-refractivity contribution in [1.82, 2.24) is 10.2 Å². The van der Waals surface area contributed by atoms with E-state index in [0.29, 0.717) is 19.5 Å². The Morgan fingerprint density at radius 3 is 2.59 bits per heavy atom. The highest BCUT2D eigenvalue weighted by Crippen LogP contribution is 2.25. The summed E-state index contributed by atoms with van der Waals surface area (Å²) in [7, 11) is 0. The first-order valence-corrected chi connectivity index (χ1v) is 9.08. The third kappa shape index (κ3) is 4.04. The predicted octanol–water partition coefficient (Wildman–Crippen LogP) is 3.23. The Kier molecular flexibility index (Phi) is 4.94. The number of phenolic OH excluding ortho intramolecular Hbond substituents is 1. The molecule has 5 heteroatoms. The van der Waals surface area contributed by atoms with Crippen LogP contribution in [0.25, 0.3) is 0 Å². The summed E-state index contributed by atoms with van der Waals surface area (Å²) in [4.78, 5) is 15.1. The highest BCUT2D eigenvalue weighted by Gasteiger charge is 2.31. The van der Waals surface area contributed by atoms with Crippen LogP contribution in [0.15, 0.2) is 71.3 Å². The summed E-state index contributed by atoms with van der Waals surface area (Å²) in [6.45, 7) is 1.75. The number of fused-ring (bicyclic) bond motifs is 1. The summed E-state index contributed by atoms with van der Waals surface area (Å²) in [5.74, 6) is 0.986. The second kappa shape index (κ2) is 7.68. The zero-order valence-electron chi connectivity index (χ0n) is 15.0. The molecule has 0 bridgehead atoms. The zero-order chi connectivity index (χ0) is 18.6. The van der Waals surface area contributed by atoms with Gasteiger partial charge in [-0.05, 0) is 47.4 Å². The van der Waals surface area contributed by atoms with E-state index >= 15 is 0 Å². The molecule has 2 heterocycles. The van der Waals surface area contributed by atoms with Crippen LogP contribution in [0.4, 0.5) is 0 Å². The Morgan fingerprint density at radius 1 is 1.07 bits per heavy atom. The molecule has 1 amide bonds. The van der Waals surface area contributed by atoms with Crippen molar-refractivity contribution in [3.63, 3.8) is 0 Å². The SMILES string of the molecule is O=C(NCc1ccco1)C1Cc2ccccc2CN1Cc1ccc(O)cc1. The molecule has 0 radical (unpaired) electrons. The fraction of sp³-hybridized carbons (Fsp3) is 0.227. The van der Waals surface area contributed by atoms with Gasteiger partial charge in [0.05, 0.1) is 18.8 Å². The minimum absolute atomic E-state index is 0.000295. The second-order valence-corrected chi connectivity index (χ2v) is 6.86. The summed E-state index contributed by atoms with van der Waals surface area (Å²) >= 11 is 0. The first-order chi connectivity index (χ1) is 13.2. The molecule has 2 N–H and O–H groups in total. The van der Waals surface area contributed by atoms with Crippen molar-refractivity contribution in [3.05, 3.63) is 89.4 Å². The molecule has 1 aliphatic heterocycles. The minimum atomic E-state index is -0.247. The van der Waals surface area contributed by atoms with Crippen LogP contribution in [0.3, 0.4) is 0 Å². The maximum atomic E-state index is 12.9. The van der Waals surface area contributed by atoms with E-state index in [0.717, 1.165) is 17.9 Å². The van der Waals surface area contributed by atoms with Crippen molar-refractivity contribution >= 4 is 5.91 Å². The van der Waals surface area contributed by atoms with Crippen molar-refractivity contribution in [2.75, 3.05) is 0 Å². The molecule has 1 aromatic heterocycles.